The number of likely N-dealkylation sites (tertiary alicyclic amines) is 1. The topological polar surface area (TPSA) is 66.8 Å². The number of H-pyrrole nitrogens is 1. The SMILES string of the molecule is CC(C)c1n[nH]c(C2CCCCN2C(=O)c2cccn2C)n1. The van der Waals surface area contributed by atoms with Crippen LogP contribution in [0.4, 0.5) is 0 Å². The Labute approximate surface area is 130 Å². The molecule has 0 aliphatic carbocycles. The first-order chi connectivity index (χ1) is 10.6. The molecule has 118 valence electrons. The molecule has 1 amide bonds. The van der Waals surface area contributed by atoms with Crippen LogP contribution < -0.4 is 0 Å². The first-order valence-corrected chi connectivity index (χ1v) is 7.92. The Bertz CT molecular complexity index is 657. The molecule has 2 aromatic rings. The maximum absolute atomic E-state index is 12.8. The number of hydrogen-bond donors (Lipinski definition) is 1. The lowest BCUT2D eigenvalue weighted by Gasteiger charge is -2.34. The fourth-order valence-electron chi connectivity index (χ4n) is 2.98. The standard InChI is InChI=1S/C16H23N5O/c1-11(2)14-17-15(19-18-14)12-7-4-5-10-21(12)16(22)13-8-6-9-20(13)3/h6,8-9,11-12H,4-5,7,10H2,1-3H3,(H,17,18,19). The number of nitrogens with one attached hydrogen (secondary N) is 1. The zero-order valence-corrected chi connectivity index (χ0v) is 13.4. The van der Waals surface area contributed by atoms with Crippen molar-refractivity contribution >= 4 is 5.91 Å². The first-order valence-electron chi connectivity index (χ1n) is 7.92. The van der Waals surface area contributed by atoms with Crippen LogP contribution in [0.2, 0.25) is 0 Å². The summed E-state index contributed by atoms with van der Waals surface area (Å²) in [6.07, 6.45) is 4.98. The van der Waals surface area contributed by atoms with Crippen molar-refractivity contribution < 1.29 is 4.79 Å². The lowest BCUT2D eigenvalue weighted by Crippen LogP contribution is -2.39. The van der Waals surface area contributed by atoms with Crippen molar-refractivity contribution in [2.45, 2.75) is 45.1 Å². The van der Waals surface area contributed by atoms with Gasteiger partial charge in [0.25, 0.3) is 5.91 Å². The molecule has 1 saturated heterocycles. The van der Waals surface area contributed by atoms with Gasteiger partial charge in [0, 0.05) is 25.7 Å². The number of rotatable bonds is 3. The molecule has 0 bridgehead atoms. The molecule has 6 heteroatoms. The lowest BCUT2D eigenvalue weighted by atomic mass is 10.0. The monoisotopic (exact) mass is 301 g/mol. The zero-order chi connectivity index (χ0) is 15.7. The van der Waals surface area contributed by atoms with Gasteiger partial charge in [0.15, 0.2) is 5.82 Å². The molecule has 2 aromatic heterocycles. The Kier molecular flexibility index (Phi) is 4.00. The van der Waals surface area contributed by atoms with E-state index in [0.717, 1.165) is 43.1 Å². The number of nitrogens with zero attached hydrogens (tertiary/aromatic N) is 4. The summed E-state index contributed by atoms with van der Waals surface area (Å²) in [4.78, 5) is 19.4. The summed E-state index contributed by atoms with van der Waals surface area (Å²) in [7, 11) is 1.90. The van der Waals surface area contributed by atoms with E-state index in [0.29, 0.717) is 0 Å². The van der Waals surface area contributed by atoms with Gasteiger partial charge >= 0.3 is 0 Å². The fraction of sp³-hybridized carbons (Fsp3) is 0.562. The summed E-state index contributed by atoms with van der Waals surface area (Å²) in [5, 5.41) is 7.33. The van der Waals surface area contributed by atoms with Crippen molar-refractivity contribution in [1.82, 2.24) is 24.6 Å². The highest BCUT2D eigenvalue weighted by Crippen LogP contribution is 2.30. The van der Waals surface area contributed by atoms with E-state index in [1.54, 1.807) is 0 Å². The molecule has 1 fully saturated rings. The van der Waals surface area contributed by atoms with Gasteiger partial charge in [0.05, 0.1) is 6.04 Å². The molecule has 0 spiro atoms. The Hall–Kier alpha value is -2.11. The predicted octanol–water partition coefficient (Wildman–Crippen LogP) is 2.63. The van der Waals surface area contributed by atoms with E-state index >= 15 is 0 Å². The molecule has 22 heavy (non-hydrogen) atoms. The smallest absolute Gasteiger partial charge is 0.271 e. The second-order valence-electron chi connectivity index (χ2n) is 6.25. The van der Waals surface area contributed by atoms with Crippen molar-refractivity contribution in [3.05, 3.63) is 35.7 Å². The number of piperidine rings is 1. The van der Waals surface area contributed by atoms with Gasteiger partial charge in [-0.2, -0.15) is 5.10 Å². The van der Waals surface area contributed by atoms with Crippen LogP contribution in [0.25, 0.3) is 0 Å². The number of aromatic nitrogens is 4. The second-order valence-corrected chi connectivity index (χ2v) is 6.25. The normalized spacial score (nSPS) is 18.9. The molecule has 3 rings (SSSR count). The van der Waals surface area contributed by atoms with E-state index in [4.69, 9.17) is 0 Å². The Morgan fingerprint density at radius 3 is 2.86 bits per heavy atom. The molecule has 0 saturated carbocycles. The van der Waals surface area contributed by atoms with Crippen LogP contribution in [0, 0.1) is 0 Å². The number of aryl methyl sites for hydroxylation is 1. The van der Waals surface area contributed by atoms with Gasteiger partial charge in [-0.3, -0.25) is 9.89 Å². The van der Waals surface area contributed by atoms with Gasteiger partial charge in [-0.25, -0.2) is 4.98 Å². The molecule has 0 radical (unpaired) electrons. The van der Waals surface area contributed by atoms with E-state index in [1.807, 2.05) is 34.8 Å². The van der Waals surface area contributed by atoms with Crippen molar-refractivity contribution in [2.75, 3.05) is 6.54 Å². The Morgan fingerprint density at radius 2 is 2.23 bits per heavy atom. The van der Waals surface area contributed by atoms with E-state index in [1.165, 1.54) is 0 Å². The largest absolute Gasteiger partial charge is 0.347 e. The van der Waals surface area contributed by atoms with Gasteiger partial charge in [-0.1, -0.05) is 13.8 Å². The van der Waals surface area contributed by atoms with Crippen LogP contribution >= 0.6 is 0 Å². The van der Waals surface area contributed by atoms with Crippen LogP contribution in [0.5, 0.6) is 0 Å². The fourth-order valence-corrected chi connectivity index (χ4v) is 2.98. The summed E-state index contributed by atoms with van der Waals surface area (Å²) in [5.74, 6) is 1.98. The molecule has 0 aromatic carbocycles. The molecule has 1 unspecified atom stereocenters. The lowest BCUT2D eigenvalue weighted by molar-refractivity contribution is 0.0590. The molecule has 1 atom stereocenters. The molecule has 1 N–H and O–H groups in total. The van der Waals surface area contributed by atoms with Crippen molar-refractivity contribution in [3.63, 3.8) is 0 Å². The van der Waals surface area contributed by atoms with Crippen molar-refractivity contribution in [2.24, 2.45) is 7.05 Å². The first kappa shape index (κ1) is 14.8. The van der Waals surface area contributed by atoms with Crippen LogP contribution in [-0.4, -0.2) is 37.1 Å². The average Bonchev–Trinajstić information content (AvgIpc) is 3.15. The summed E-state index contributed by atoms with van der Waals surface area (Å²) in [6.45, 7) is 4.91. The molecular weight excluding hydrogens is 278 g/mol. The maximum Gasteiger partial charge on any atom is 0.271 e. The van der Waals surface area contributed by atoms with E-state index in [-0.39, 0.29) is 17.9 Å². The summed E-state index contributed by atoms with van der Waals surface area (Å²) in [6, 6.07) is 3.77. The third-order valence-electron chi connectivity index (χ3n) is 4.28. The van der Waals surface area contributed by atoms with Crippen molar-refractivity contribution in [1.29, 1.82) is 0 Å². The molecular formula is C16H23N5O. The van der Waals surface area contributed by atoms with Crippen LogP contribution in [0.3, 0.4) is 0 Å². The number of carbonyl (C=O) groups excluding carboxylic acids is 1. The second kappa shape index (κ2) is 5.94. The highest BCUT2D eigenvalue weighted by Gasteiger charge is 2.32. The van der Waals surface area contributed by atoms with Crippen LogP contribution in [0.1, 0.15) is 67.2 Å². The quantitative estimate of drug-likeness (QED) is 0.947. The summed E-state index contributed by atoms with van der Waals surface area (Å²) >= 11 is 0. The Morgan fingerprint density at radius 1 is 1.41 bits per heavy atom. The number of hydrogen-bond acceptors (Lipinski definition) is 3. The average molecular weight is 301 g/mol. The zero-order valence-electron chi connectivity index (χ0n) is 13.4. The molecule has 6 nitrogen and oxygen atoms in total. The van der Waals surface area contributed by atoms with Crippen LogP contribution in [-0.2, 0) is 7.05 Å². The molecule has 1 aliphatic heterocycles. The molecule has 3 heterocycles. The summed E-state index contributed by atoms with van der Waals surface area (Å²) < 4.78 is 1.87. The van der Waals surface area contributed by atoms with Crippen molar-refractivity contribution in [3.8, 4) is 0 Å². The highest BCUT2D eigenvalue weighted by atomic mass is 16.2. The van der Waals surface area contributed by atoms with E-state index in [2.05, 4.69) is 29.0 Å². The number of aromatic amines is 1. The molecule has 1 aliphatic rings. The number of carbonyl (C=O) groups is 1. The predicted molar refractivity (Wildman–Crippen MR) is 83.5 cm³/mol. The minimum Gasteiger partial charge on any atom is -0.347 e. The van der Waals surface area contributed by atoms with Gasteiger partial charge in [-0.15, -0.1) is 0 Å². The van der Waals surface area contributed by atoms with Gasteiger partial charge in [0.1, 0.15) is 11.5 Å². The van der Waals surface area contributed by atoms with Crippen LogP contribution in [0.15, 0.2) is 18.3 Å². The summed E-state index contributed by atoms with van der Waals surface area (Å²) in [5.41, 5.74) is 0.718. The van der Waals surface area contributed by atoms with E-state index < -0.39 is 0 Å². The van der Waals surface area contributed by atoms with E-state index in [9.17, 15) is 4.79 Å². The number of amides is 1. The van der Waals surface area contributed by atoms with Gasteiger partial charge in [0.2, 0.25) is 0 Å². The van der Waals surface area contributed by atoms with Gasteiger partial charge < -0.3 is 9.47 Å². The van der Waals surface area contributed by atoms with Gasteiger partial charge in [-0.05, 0) is 31.4 Å². The minimum atomic E-state index is -0.00356. The maximum atomic E-state index is 12.8. The Balaban J connectivity index is 1.87. The third kappa shape index (κ3) is 2.65. The third-order valence-corrected chi connectivity index (χ3v) is 4.28. The highest BCUT2D eigenvalue weighted by molar-refractivity contribution is 5.93. The minimum absolute atomic E-state index is 0.00356.